The molecule has 2 aromatic rings. The predicted molar refractivity (Wildman–Crippen MR) is 63.8 cm³/mol. The van der Waals surface area contributed by atoms with Crippen LogP contribution in [0.15, 0.2) is 18.2 Å². The summed E-state index contributed by atoms with van der Waals surface area (Å²) in [5.74, 6) is 0.554. The molecule has 0 unspecified atom stereocenters. The number of rotatable bonds is 1. The first-order valence-corrected chi connectivity index (χ1v) is 4.98. The first kappa shape index (κ1) is 10.6. The molecule has 1 aromatic heterocycles. The van der Waals surface area contributed by atoms with E-state index in [1.807, 2.05) is 25.1 Å². The lowest BCUT2D eigenvalue weighted by atomic mass is 10.1. The molecule has 0 atom stereocenters. The molecule has 16 heavy (non-hydrogen) atoms. The van der Waals surface area contributed by atoms with Gasteiger partial charge < -0.3 is 11.5 Å². The second-order valence-corrected chi connectivity index (χ2v) is 3.69. The summed E-state index contributed by atoms with van der Waals surface area (Å²) in [5, 5.41) is 0.590. The maximum atomic E-state index is 6.15. The molecule has 0 aliphatic rings. The van der Waals surface area contributed by atoms with E-state index in [1.54, 1.807) is 0 Å². The highest BCUT2D eigenvalue weighted by Gasteiger charge is 2.10. The van der Waals surface area contributed by atoms with E-state index < -0.39 is 0 Å². The Bertz CT molecular complexity index is 520. The van der Waals surface area contributed by atoms with Crippen molar-refractivity contribution < 1.29 is 0 Å². The van der Waals surface area contributed by atoms with E-state index in [1.165, 1.54) is 0 Å². The van der Waals surface area contributed by atoms with Crippen LogP contribution < -0.4 is 11.5 Å². The molecule has 0 aliphatic heterocycles. The summed E-state index contributed by atoms with van der Waals surface area (Å²) in [6.07, 6.45) is 0. The number of aromatic nitrogens is 3. The van der Waals surface area contributed by atoms with Gasteiger partial charge in [0.05, 0.1) is 5.02 Å². The zero-order chi connectivity index (χ0) is 11.7. The molecular weight excluding hydrogens is 226 g/mol. The summed E-state index contributed by atoms with van der Waals surface area (Å²) in [7, 11) is 0. The molecule has 0 fully saturated rings. The molecule has 0 bridgehead atoms. The van der Waals surface area contributed by atoms with Crippen LogP contribution in [-0.2, 0) is 0 Å². The van der Waals surface area contributed by atoms with Gasteiger partial charge in [0, 0.05) is 5.56 Å². The van der Waals surface area contributed by atoms with E-state index in [0.29, 0.717) is 16.4 Å². The Labute approximate surface area is 97.5 Å². The minimum Gasteiger partial charge on any atom is -0.368 e. The summed E-state index contributed by atoms with van der Waals surface area (Å²) in [6, 6.07) is 5.58. The van der Waals surface area contributed by atoms with E-state index >= 15 is 0 Å². The van der Waals surface area contributed by atoms with Crippen LogP contribution >= 0.6 is 11.6 Å². The Balaban J connectivity index is 2.63. The van der Waals surface area contributed by atoms with Crippen molar-refractivity contribution in [3.8, 4) is 11.4 Å². The van der Waals surface area contributed by atoms with Crippen LogP contribution in [0.2, 0.25) is 5.02 Å². The summed E-state index contributed by atoms with van der Waals surface area (Å²) in [4.78, 5) is 11.7. The molecule has 0 radical (unpaired) electrons. The minimum atomic E-state index is 0.0834. The number of nitrogen functional groups attached to an aromatic ring is 2. The van der Waals surface area contributed by atoms with E-state index in [9.17, 15) is 0 Å². The zero-order valence-corrected chi connectivity index (χ0v) is 9.36. The van der Waals surface area contributed by atoms with Gasteiger partial charge in [0.15, 0.2) is 5.82 Å². The van der Waals surface area contributed by atoms with Gasteiger partial charge >= 0.3 is 0 Å². The molecule has 82 valence electrons. The summed E-state index contributed by atoms with van der Waals surface area (Å²) in [5.41, 5.74) is 12.6. The molecule has 4 N–H and O–H groups in total. The molecule has 2 rings (SSSR count). The minimum absolute atomic E-state index is 0.0834. The number of nitrogens with two attached hydrogens (primary N) is 2. The van der Waals surface area contributed by atoms with Crippen LogP contribution in [0.1, 0.15) is 5.56 Å². The highest BCUT2D eigenvalue weighted by molar-refractivity contribution is 6.33. The standard InChI is InChI=1S/C10H10ClN5/c1-5-3-2-4-6(7(5)11)8-14-9(12)16-10(13)15-8/h2-4H,1H3,(H4,12,13,14,15,16). The average Bonchev–Trinajstić information content (AvgIpc) is 2.20. The monoisotopic (exact) mass is 235 g/mol. The van der Waals surface area contributed by atoms with E-state index in [-0.39, 0.29) is 11.9 Å². The van der Waals surface area contributed by atoms with Gasteiger partial charge in [0.25, 0.3) is 0 Å². The lowest BCUT2D eigenvalue weighted by Crippen LogP contribution is -2.04. The van der Waals surface area contributed by atoms with E-state index in [4.69, 9.17) is 23.1 Å². The number of hydrogen-bond acceptors (Lipinski definition) is 5. The maximum absolute atomic E-state index is 6.15. The van der Waals surface area contributed by atoms with Crippen molar-refractivity contribution >= 4 is 23.5 Å². The van der Waals surface area contributed by atoms with Gasteiger partial charge in [-0.25, -0.2) is 0 Å². The molecule has 5 nitrogen and oxygen atoms in total. The predicted octanol–water partition coefficient (Wildman–Crippen LogP) is 1.66. The van der Waals surface area contributed by atoms with Crippen molar-refractivity contribution in [2.45, 2.75) is 6.92 Å². The Morgan fingerprint density at radius 1 is 1.06 bits per heavy atom. The fourth-order valence-electron chi connectivity index (χ4n) is 1.35. The molecule has 0 aliphatic carbocycles. The van der Waals surface area contributed by atoms with Crippen LogP contribution in [-0.4, -0.2) is 15.0 Å². The van der Waals surface area contributed by atoms with Crippen LogP contribution in [0.5, 0.6) is 0 Å². The van der Waals surface area contributed by atoms with Crippen molar-refractivity contribution in [2.75, 3.05) is 11.5 Å². The molecule has 1 aromatic carbocycles. The van der Waals surface area contributed by atoms with Crippen molar-refractivity contribution in [2.24, 2.45) is 0 Å². The van der Waals surface area contributed by atoms with Crippen LogP contribution in [0.25, 0.3) is 11.4 Å². The Morgan fingerprint density at radius 2 is 1.69 bits per heavy atom. The van der Waals surface area contributed by atoms with Crippen molar-refractivity contribution in [1.82, 2.24) is 15.0 Å². The first-order chi connectivity index (χ1) is 7.58. The molecule has 1 heterocycles. The van der Waals surface area contributed by atoms with Gasteiger partial charge in [-0.05, 0) is 18.6 Å². The van der Waals surface area contributed by atoms with Crippen molar-refractivity contribution in [1.29, 1.82) is 0 Å². The molecule has 6 heteroatoms. The third kappa shape index (κ3) is 1.90. The normalized spacial score (nSPS) is 10.4. The fourth-order valence-corrected chi connectivity index (χ4v) is 1.56. The highest BCUT2D eigenvalue weighted by Crippen LogP contribution is 2.28. The third-order valence-electron chi connectivity index (χ3n) is 2.10. The maximum Gasteiger partial charge on any atom is 0.225 e. The largest absolute Gasteiger partial charge is 0.368 e. The fraction of sp³-hybridized carbons (Fsp3) is 0.100. The SMILES string of the molecule is Cc1cccc(-c2nc(N)nc(N)n2)c1Cl. The van der Waals surface area contributed by atoms with Gasteiger partial charge in [0.1, 0.15) is 0 Å². The van der Waals surface area contributed by atoms with Gasteiger partial charge in [-0.3, -0.25) is 0 Å². The second kappa shape index (κ2) is 3.94. The zero-order valence-electron chi connectivity index (χ0n) is 8.61. The Kier molecular flexibility index (Phi) is 2.62. The lowest BCUT2D eigenvalue weighted by Gasteiger charge is -2.06. The van der Waals surface area contributed by atoms with E-state index in [0.717, 1.165) is 5.56 Å². The van der Waals surface area contributed by atoms with Crippen LogP contribution in [0.3, 0.4) is 0 Å². The Hall–Kier alpha value is -1.88. The number of aryl methyl sites for hydroxylation is 1. The summed E-state index contributed by atoms with van der Waals surface area (Å²) < 4.78 is 0. The van der Waals surface area contributed by atoms with Gasteiger partial charge in [-0.1, -0.05) is 23.7 Å². The average molecular weight is 236 g/mol. The summed E-state index contributed by atoms with van der Waals surface area (Å²) in [6.45, 7) is 1.90. The second-order valence-electron chi connectivity index (χ2n) is 3.31. The third-order valence-corrected chi connectivity index (χ3v) is 2.60. The van der Waals surface area contributed by atoms with Gasteiger partial charge in [0.2, 0.25) is 11.9 Å². The van der Waals surface area contributed by atoms with Crippen molar-refractivity contribution in [3.05, 3.63) is 28.8 Å². The molecular formula is C10H10ClN5. The number of anilines is 2. The molecule has 0 saturated heterocycles. The molecule has 0 spiro atoms. The summed E-state index contributed by atoms with van der Waals surface area (Å²) >= 11 is 6.15. The highest BCUT2D eigenvalue weighted by atomic mass is 35.5. The number of nitrogens with zero attached hydrogens (tertiary/aromatic N) is 3. The van der Waals surface area contributed by atoms with E-state index in [2.05, 4.69) is 15.0 Å². The van der Waals surface area contributed by atoms with Gasteiger partial charge in [-0.15, -0.1) is 0 Å². The van der Waals surface area contributed by atoms with Crippen LogP contribution in [0.4, 0.5) is 11.9 Å². The first-order valence-electron chi connectivity index (χ1n) is 4.60. The topological polar surface area (TPSA) is 90.7 Å². The smallest absolute Gasteiger partial charge is 0.225 e. The number of hydrogen-bond donors (Lipinski definition) is 2. The van der Waals surface area contributed by atoms with Crippen molar-refractivity contribution in [3.63, 3.8) is 0 Å². The molecule has 0 saturated carbocycles. The van der Waals surface area contributed by atoms with Crippen LogP contribution in [0, 0.1) is 6.92 Å². The number of benzene rings is 1. The lowest BCUT2D eigenvalue weighted by molar-refractivity contribution is 1.09. The quantitative estimate of drug-likeness (QED) is 0.785. The molecule has 0 amide bonds. The Morgan fingerprint density at radius 3 is 2.31 bits per heavy atom. The van der Waals surface area contributed by atoms with Gasteiger partial charge in [-0.2, -0.15) is 15.0 Å². The number of halogens is 1.